The number of alkyl halides is 3. The number of nitrogen functional groups attached to an aromatic ring is 1. The highest BCUT2D eigenvalue weighted by molar-refractivity contribution is 5.60. The number of hydrogen-bond acceptors (Lipinski definition) is 4. The van der Waals surface area contributed by atoms with Crippen LogP contribution in [0.5, 0.6) is 0 Å². The smallest absolute Gasteiger partial charge is 0.399 e. The third-order valence-electron chi connectivity index (χ3n) is 2.81. The maximum absolute atomic E-state index is 13.0. The summed E-state index contributed by atoms with van der Waals surface area (Å²) < 4.78 is 43.9. The molecule has 0 fully saturated rings. The molecular formula is C13H14F3N3O. The fourth-order valence-electron chi connectivity index (χ4n) is 1.93. The lowest BCUT2D eigenvalue weighted by Crippen LogP contribution is -2.21. The van der Waals surface area contributed by atoms with Crippen molar-refractivity contribution in [3.63, 3.8) is 0 Å². The van der Waals surface area contributed by atoms with E-state index in [0.717, 1.165) is 6.07 Å². The van der Waals surface area contributed by atoms with Gasteiger partial charge in [-0.15, -0.1) is 0 Å². The fraction of sp³-hybridized carbons (Fsp3) is 0.308. The van der Waals surface area contributed by atoms with Crippen molar-refractivity contribution < 1.29 is 17.7 Å². The summed E-state index contributed by atoms with van der Waals surface area (Å²) in [5.74, 6) is 0.613. The Morgan fingerprint density at radius 2 is 2.00 bits per heavy atom. The Bertz CT molecular complexity index is 607. The Kier molecular flexibility index (Phi) is 3.61. The van der Waals surface area contributed by atoms with Crippen LogP contribution < -0.4 is 10.6 Å². The zero-order chi connectivity index (χ0) is 14.9. The monoisotopic (exact) mass is 285 g/mol. The van der Waals surface area contributed by atoms with Gasteiger partial charge in [0.15, 0.2) is 0 Å². The van der Waals surface area contributed by atoms with Crippen molar-refractivity contribution in [2.24, 2.45) is 0 Å². The summed E-state index contributed by atoms with van der Waals surface area (Å²) in [6, 6.07) is 5.40. The van der Waals surface area contributed by atoms with E-state index in [1.807, 2.05) is 0 Å². The van der Waals surface area contributed by atoms with Crippen LogP contribution in [0.25, 0.3) is 0 Å². The molecule has 2 N–H and O–H groups in total. The Balaban J connectivity index is 2.32. The van der Waals surface area contributed by atoms with Gasteiger partial charge in [0.2, 0.25) is 0 Å². The quantitative estimate of drug-likeness (QED) is 0.880. The molecule has 2 rings (SSSR count). The first-order valence-electron chi connectivity index (χ1n) is 5.87. The molecule has 1 aromatic carbocycles. The van der Waals surface area contributed by atoms with E-state index < -0.39 is 11.7 Å². The van der Waals surface area contributed by atoms with E-state index in [-0.39, 0.29) is 17.9 Å². The van der Waals surface area contributed by atoms with Crippen molar-refractivity contribution in [3.8, 4) is 0 Å². The fourth-order valence-corrected chi connectivity index (χ4v) is 1.93. The van der Waals surface area contributed by atoms with Crippen LogP contribution in [0.4, 0.5) is 24.5 Å². The Labute approximate surface area is 114 Å². The zero-order valence-electron chi connectivity index (χ0n) is 11.0. The number of rotatable bonds is 3. The van der Waals surface area contributed by atoms with E-state index in [0.29, 0.717) is 11.5 Å². The van der Waals surface area contributed by atoms with Crippen LogP contribution >= 0.6 is 0 Å². The van der Waals surface area contributed by atoms with Crippen molar-refractivity contribution in [2.75, 3.05) is 17.7 Å². The molecule has 0 spiro atoms. The normalized spacial score (nSPS) is 11.7. The van der Waals surface area contributed by atoms with Gasteiger partial charge in [0, 0.05) is 24.5 Å². The topological polar surface area (TPSA) is 55.3 Å². The molecule has 0 aliphatic heterocycles. The van der Waals surface area contributed by atoms with Gasteiger partial charge >= 0.3 is 6.18 Å². The van der Waals surface area contributed by atoms with Crippen molar-refractivity contribution >= 4 is 11.4 Å². The molecule has 0 amide bonds. The van der Waals surface area contributed by atoms with Gasteiger partial charge in [0.25, 0.3) is 0 Å². The second-order valence-electron chi connectivity index (χ2n) is 4.56. The lowest BCUT2D eigenvalue weighted by Gasteiger charge is -2.22. The molecule has 1 aromatic heterocycles. The minimum Gasteiger partial charge on any atom is -0.399 e. The van der Waals surface area contributed by atoms with Gasteiger partial charge < -0.3 is 15.2 Å². The standard InChI is InChI=1S/C13H14F3N3O/c1-8-5-10(18-20-8)7-19(2)12-4-3-9(17)6-11(12)13(14,15)16/h3-6H,7,17H2,1-2H3. The number of nitrogens with two attached hydrogens (primary N) is 1. The minimum absolute atomic E-state index is 0.0485. The van der Waals surface area contributed by atoms with Crippen LogP contribution in [-0.4, -0.2) is 12.2 Å². The number of halogens is 3. The average Bonchev–Trinajstić information content (AvgIpc) is 2.73. The van der Waals surface area contributed by atoms with Crippen LogP contribution in [0.2, 0.25) is 0 Å². The molecule has 4 nitrogen and oxygen atoms in total. The number of aryl methyl sites for hydroxylation is 1. The molecular weight excluding hydrogens is 271 g/mol. The molecule has 0 aliphatic rings. The number of anilines is 2. The van der Waals surface area contributed by atoms with Gasteiger partial charge in [-0.2, -0.15) is 13.2 Å². The highest BCUT2D eigenvalue weighted by Crippen LogP contribution is 2.37. The summed E-state index contributed by atoms with van der Waals surface area (Å²) in [6.07, 6.45) is -4.46. The minimum atomic E-state index is -4.46. The molecule has 0 saturated carbocycles. The van der Waals surface area contributed by atoms with Crippen LogP contribution in [0, 0.1) is 6.92 Å². The summed E-state index contributed by atoms with van der Waals surface area (Å²) in [6.45, 7) is 1.94. The molecule has 2 aromatic rings. The van der Waals surface area contributed by atoms with Gasteiger partial charge in [-0.1, -0.05) is 5.16 Å². The van der Waals surface area contributed by atoms with Gasteiger partial charge in [0.05, 0.1) is 12.1 Å². The molecule has 0 unspecified atom stereocenters. The first kappa shape index (κ1) is 14.2. The number of aromatic nitrogens is 1. The predicted molar refractivity (Wildman–Crippen MR) is 69.2 cm³/mol. The molecule has 20 heavy (non-hydrogen) atoms. The maximum Gasteiger partial charge on any atom is 0.418 e. The molecule has 0 bridgehead atoms. The van der Waals surface area contributed by atoms with Gasteiger partial charge in [-0.3, -0.25) is 0 Å². The summed E-state index contributed by atoms with van der Waals surface area (Å²) in [5, 5.41) is 3.77. The number of benzene rings is 1. The van der Waals surface area contributed by atoms with Gasteiger partial charge in [0.1, 0.15) is 11.5 Å². The Morgan fingerprint density at radius 3 is 2.55 bits per heavy atom. The predicted octanol–water partition coefficient (Wildman–Crippen LogP) is 3.22. The van der Waals surface area contributed by atoms with E-state index in [1.54, 1.807) is 20.0 Å². The van der Waals surface area contributed by atoms with Crippen LogP contribution in [0.1, 0.15) is 17.0 Å². The van der Waals surface area contributed by atoms with E-state index in [2.05, 4.69) is 5.16 Å². The molecule has 0 atom stereocenters. The molecule has 108 valence electrons. The highest BCUT2D eigenvalue weighted by atomic mass is 19.4. The summed E-state index contributed by atoms with van der Waals surface area (Å²) in [5.41, 5.74) is 5.36. The first-order valence-corrected chi connectivity index (χ1v) is 5.87. The summed E-state index contributed by atoms with van der Waals surface area (Å²) >= 11 is 0. The third-order valence-corrected chi connectivity index (χ3v) is 2.81. The third kappa shape index (κ3) is 3.04. The van der Waals surface area contributed by atoms with Crippen molar-refractivity contribution in [1.29, 1.82) is 0 Å². The highest BCUT2D eigenvalue weighted by Gasteiger charge is 2.34. The Hall–Kier alpha value is -2.18. The lowest BCUT2D eigenvalue weighted by molar-refractivity contribution is -0.137. The molecule has 0 saturated heterocycles. The van der Waals surface area contributed by atoms with E-state index >= 15 is 0 Å². The van der Waals surface area contributed by atoms with Crippen molar-refractivity contribution in [3.05, 3.63) is 41.3 Å². The van der Waals surface area contributed by atoms with E-state index in [9.17, 15) is 13.2 Å². The van der Waals surface area contributed by atoms with E-state index in [4.69, 9.17) is 10.3 Å². The van der Waals surface area contributed by atoms with Crippen LogP contribution in [-0.2, 0) is 12.7 Å². The lowest BCUT2D eigenvalue weighted by atomic mass is 10.1. The van der Waals surface area contributed by atoms with Crippen LogP contribution in [0.3, 0.4) is 0 Å². The number of hydrogen-bond donors (Lipinski definition) is 1. The first-order chi connectivity index (χ1) is 9.27. The summed E-state index contributed by atoms with van der Waals surface area (Å²) in [4.78, 5) is 1.46. The molecule has 7 heteroatoms. The zero-order valence-corrected chi connectivity index (χ0v) is 11.0. The Morgan fingerprint density at radius 1 is 1.30 bits per heavy atom. The second kappa shape index (κ2) is 5.07. The molecule has 1 heterocycles. The van der Waals surface area contributed by atoms with Gasteiger partial charge in [-0.05, 0) is 25.1 Å². The molecule has 0 aliphatic carbocycles. The largest absolute Gasteiger partial charge is 0.418 e. The molecule has 0 radical (unpaired) electrons. The number of nitrogens with zero attached hydrogens (tertiary/aromatic N) is 2. The van der Waals surface area contributed by atoms with Crippen molar-refractivity contribution in [2.45, 2.75) is 19.6 Å². The van der Waals surface area contributed by atoms with E-state index in [1.165, 1.54) is 17.0 Å². The average molecular weight is 285 g/mol. The second-order valence-corrected chi connectivity index (χ2v) is 4.56. The van der Waals surface area contributed by atoms with Gasteiger partial charge in [-0.25, -0.2) is 0 Å². The summed E-state index contributed by atoms with van der Waals surface area (Å²) in [7, 11) is 1.56. The maximum atomic E-state index is 13.0. The SMILES string of the molecule is Cc1cc(CN(C)c2ccc(N)cc2C(F)(F)F)no1. The van der Waals surface area contributed by atoms with Crippen LogP contribution in [0.15, 0.2) is 28.8 Å². The van der Waals surface area contributed by atoms with Crippen molar-refractivity contribution in [1.82, 2.24) is 5.16 Å².